The maximum absolute atomic E-state index is 6.18. The maximum atomic E-state index is 6.18. The second-order valence-electron chi connectivity index (χ2n) is 14.0. The van der Waals surface area contributed by atoms with Gasteiger partial charge in [0, 0.05) is 10.8 Å². The third kappa shape index (κ3) is 4.64. The van der Waals surface area contributed by atoms with Crippen molar-refractivity contribution in [1.82, 2.24) is 0 Å². The zero-order chi connectivity index (χ0) is 34.9. The zero-order valence-corrected chi connectivity index (χ0v) is 28.9. The Balaban J connectivity index is 1.16. The van der Waals surface area contributed by atoms with Crippen molar-refractivity contribution in [3.05, 3.63) is 194 Å². The van der Waals surface area contributed by atoms with Gasteiger partial charge in [0.25, 0.3) is 0 Å². The van der Waals surface area contributed by atoms with E-state index < -0.39 is 0 Å². The molecular weight excluding hydrogens is 641 g/mol. The molecule has 0 fully saturated rings. The summed E-state index contributed by atoms with van der Waals surface area (Å²) in [6, 6.07) is 70.7. The van der Waals surface area contributed by atoms with Crippen LogP contribution in [0.25, 0.3) is 110 Å². The van der Waals surface area contributed by atoms with Crippen LogP contribution in [-0.4, -0.2) is 0 Å². The number of hydrogen-bond donors (Lipinski definition) is 0. The first-order chi connectivity index (χ1) is 26.3. The summed E-state index contributed by atoms with van der Waals surface area (Å²) in [5.74, 6) is 0. The average Bonchev–Trinajstić information content (AvgIpc) is 3.60. The second-order valence-corrected chi connectivity index (χ2v) is 14.0. The number of rotatable bonds is 4. The smallest absolute Gasteiger partial charge is 0.135 e. The third-order valence-corrected chi connectivity index (χ3v) is 11.1. The molecule has 11 rings (SSSR count). The normalized spacial score (nSPS) is 11.8. The molecule has 11 aromatic rings. The van der Waals surface area contributed by atoms with E-state index in [1.165, 1.54) is 87.6 Å². The molecule has 0 radical (unpaired) electrons. The van der Waals surface area contributed by atoms with Gasteiger partial charge in [-0.2, -0.15) is 0 Å². The first-order valence-electron chi connectivity index (χ1n) is 18.3. The van der Waals surface area contributed by atoms with Crippen molar-refractivity contribution >= 4 is 65.0 Å². The lowest BCUT2D eigenvalue weighted by Gasteiger charge is -2.21. The minimum Gasteiger partial charge on any atom is -0.456 e. The van der Waals surface area contributed by atoms with Crippen molar-refractivity contribution in [1.29, 1.82) is 0 Å². The number of benzene rings is 10. The van der Waals surface area contributed by atoms with E-state index in [4.69, 9.17) is 4.42 Å². The fourth-order valence-corrected chi connectivity index (χ4v) is 8.68. The summed E-state index contributed by atoms with van der Waals surface area (Å²) >= 11 is 0. The van der Waals surface area contributed by atoms with Gasteiger partial charge in [-0.25, -0.2) is 0 Å². The quantitative estimate of drug-likeness (QED) is 0.170. The van der Waals surface area contributed by atoms with E-state index in [9.17, 15) is 0 Å². The Kier molecular flexibility index (Phi) is 6.62. The molecule has 1 nitrogen and oxygen atoms in total. The Hall–Kier alpha value is -6.96. The van der Waals surface area contributed by atoms with E-state index in [2.05, 4.69) is 182 Å². The minimum atomic E-state index is 0.913. The van der Waals surface area contributed by atoms with Crippen LogP contribution in [0.1, 0.15) is 0 Å². The van der Waals surface area contributed by atoms with E-state index in [0.717, 1.165) is 21.9 Å². The Labute approximate surface area is 307 Å². The van der Waals surface area contributed by atoms with Crippen molar-refractivity contribution in [3.63, 3.8) is 0 Å². The van der Waals surface area contributed by atoms with Gasteiger partial charge < -0.3 is 4.42 Å². The summed E-state index contributed by atoms with van der Waals surface area (Å²) in [5.41, 5.74) is 11.7. The van der Waals surface area contributed by atoms with Crippen LogP contribution >= 0.6 is 0 Å². The van der Waals surface area contributed by atoms with Gasteiger partial charge in [0.2, 0.25) is 0 Å². The molecule has 0 atom stereocenters. The van der Waals surface area contributed by atoms with E-state index in [1.54, 1.807) is 0 Å². The van der Waals surface area contributed by atoms with Crippen LogP contribution in [0.2, 0.25) is 0 Å². The third-order valence-electron chi connectivity index (χ3n) is 11.1. The number of furan rings is 1. The van der Waals surface area contributed by atoms with Gasteiger partial charge in [0.15, 0.2) is 0 Å². The lowest BCUT2D eigenvalue weighted by atomic mass is 9.82. The molecule has 0 aliphatic heterocycles. The van der Waals surface area contributed by atoms with E-state index >= 15 is 0 Å². The highest BCUT2D eigenvalue weighted by Crippen LogP contribution is 2.48. The van der Waals surface area contributed by atoms with Crippen LogP contribution in [0.5, 0.6) is 0 Å². The van der Waals surface area contributed by atoms with Crippen molar-refractivity contribution in [2.75, 3.05) is 0 Å². The van der Waals surface area contributed by atoms with Gasteiger partial charge in [-0.15, -0.1) is 0 Å². The van der Waals surface area contributed by atoms with Crippen molar-refractivity contribution < 1.29 is 4.42 Å². The molecule has 1 aromatic heterocycles. The average molecular weight is 673 g/mol. The van der Waals surface area contributed by atoms with Gasteiger partial charge in [0.05, 0.1) is 0 Å². The second kappa shape index (κ2) is 11.8. The largest absolute Gasteiger partial charge is 0.456 e. The standard InChI is InChI=1S/C52H32O/c1-2-14-34-31-35(26-25-33(34)13-1)37-15-3-6-19-42(37)51-43-20-7-9-22-45(43)52(46-23-10-8-21-44(46)51)47-29-28-38(39-16-4-5-17-40(39)47)36-27-30-50-48(32-36)41-18-11-12-24-49(41)53-50/h1-32H. The summed E-state index contributed by atoms with van der Waals surface area (Å²) in [7, 11) is 0. The van der Waals surface area contributed by atoms with Crippen molar-refractivity contribution in [3.8, 4) is 44.5 Å². The molecule has 246 valence electrons. The number of fused-ring (bicyclic) bond motifs is 7. The fraction of sp³-hybridized carbons (Fsp3) is 0. The summed E-state index contributed by atoms with van der Waals surface area (Å²) in [5, 5.41) is 12.3. The van der Waals surface area contributed by atoms with E-state index in [0.29, 0.717) is 0 Å². The van der Waals surface area contributed by atoms with Gasteiger partial charge in [-0.05, 0) is 112 Å². The molecule has 0 amide bonds. The molecule has 0 aliphatic rings. The molecule has 0 saturated carbocycles. The maximum Gasteiger partial charge on any atom is 0.135 e. The molecule has 0 unspecified atom stereocenters. The van der Waals surface area contributed by atoms with E-state index in [-0.39, 0.29) is 0 Å². The molecule has 0 N–H and O–H groups in total. The summed E-state index contributed by atoms with van der Waals surface area (Å²) in [6.07, 6.45) is 0. The van der Waals surface area contributed by atoms with Crippen molar-refractivity contribution in [2.45, 2.75) is 0 Å². The predicted molar refractivity (Wildman–Crippen MR) is 225 cm³/mol. The number of para-hydroxylation sites is 1. The van der Waals surface area contributed by atoms with Crippen LogP contribution in [0.4, 0.5) is 0 Å². The highest BCUT2D eigenvalue weighted by Gasteiger charge is 2.21. The van der Waals surface area contributed by atoms with Crippen LogP contribution < -0.4 is 0 Å². The van der Waals surface area contributed by atoms with Gasteiger partial charge in [0.1, 0.15) is 11.2 Å². The first-order valence-corrected chi connectivity index (χ1v) is 18.3. The molecular formula is C52H32O. The molecule has 53 heavy (non-hydrogen) atoms. The molecule has 1 heterocycles. The van der Waals surface area contributed by atoms with Crippen LogP contribution in [0, 0.1) is 0 Å². The van der Waals surface area contributed by atoms with Gasteiger partial charge in [-0.3, -0.25) is 0 Å². The topological polar surface area (TPSA) is 13.1 Å². The molecule has 0 spiro atoms. The monoisotopic (exact) mass is 672 g/mol. The first kappa shape index (κ1) is 29.7. The van der Waals surface area contributed by atoms with Crippen LogP contribution in [0.15, 0.2) is 199 Å². The van der Waals surface area contributed by atoms with Gasteiger partial charge >= 0.3 is 0 Å². The SMILES string of the molecule is c1ccc(-c2c3ccccc3c(-c3ccc(-c4ccc5oc6ccccc6c5c4)c4ccccc34)c3ccccc23)c(-c2ccc3ccccc3c2)c1. The molecule has 0 aliphatic carbocycles. The van der Waals surface area contributed by atoms with Crippen molar-refractivity contribution in [2.24, 2.45) is 0 Å². The Morgan fingerprint density at radius 1 is 0.245 bits per heavy atom. The Morgan fingerprint density at radius 2 is 0.717 bits per heavy atom. The summed E-state index contributed by atoms with van der Waals surface area (Å²) in [4.78, 5) is 0. The van der Waals surface area contributed by atoms with E-state index in [1.807, 2.05) is 12.1 Å². The number of hydrogen-bond acceptors (Lipinski definition) is 1. The molecule has 1 heteroatoms. The highest BCUT2D eigenvalue weighted by molar-refractivity contribution is 6.25. The van der Waals surface area contributed by atoms with Crippen LogP contribution in [0.3, 0.4) is 0 Å². The lowest BCUT2D eigenvalue weighted by Crippen LogP contribution is -1.94. The fourth-order valence-electron chi connectivity index (χ4n) is 8.68. The van der Waals surface area contributed by atoms with Gasteiger partial charge in [-0.1, -0.05) is 170 Å². The minimum absolute atomic E-state index is 0.913. The van der Waals surface area contributed by atoms with Crippen LogP contribution in [-0.2, 0) is 0 Å². The highest BCUT2D eigenvalue weighted by atomic mass is 16.3. The molecule has 0 bridgehead atoms. The summed E-state index contributed by atoms with van der Waals surface area (Å²) in [6.45, 7) is 0. The Bertz CT molecular complexity index is 3180. The Morgan fingerprint density at radius 3 is 1.43 bits per heavy atom. The lowest BCUT2D eigenvalue weighted by molar-refractivity contribution is 0.669. The molecule has 10 aromatic carbocycles. The summed E-state index contributed by atoms with van der Waals surface area (Å²) < 4.78 is 6.18. The zero-order valence-electron chi connectivity index (χ0n) is 28.9. The predicted octanol–water partition coefficient (Wildman–Crippen LogP) is 14.9. The molecule has 0 saturated heterocycles.